The fraction of sp³-hybridized carbons (Fsp3) is 0.500. The summed E-state index contributed by atoms with van der Waals surface area (Å²) in [6, 6.07) is 8.05. The largest absolute Gasteiger partial charge is 0.353 e. The Morgan fingerprint density at radius 2 is 2.04 bits per heavy atom. The first-order valence-electron chi connectivity index (χ1n) is 8.82. The molecule has 0 unspecified atom stereocenters. The quantitative estimate of drug-likeness (QED) is 0.868. The van der Waals surface area contributed by atoms with Gasteiger partial charge in [-0.25, -0.2) is 4.98 Å². The number of carbonyl (C=O) groups excluding carboxylic acids is 2. The van der Waals surface area contributed by atoms with Crippen molar-refractivity contribution >= 4 is 33.4 Å². The second kappa shape index (κ2) is 6.72. The number of aromatic nitrogens is 1. The third-order valence-corrected chi connectivity index (χ3v) is 6.27. The van der Waals surface area contributed by atoms with Crippen molar-refractivity contribution in [2.75, 3.05) is 26.2 Å². The molecular formula is C18H22N4O2S. The third kappa shape index (κ3) is 3.26. The summed E-state index contributed by atoms with van der Waals surface area (Å²) < 4.78 is 1.17. The first kappa shape index (κ1) is 16.5. The van der Waals surface area contributed by atoms with E-state index in [2.05, 4.69) is 21.7 Å². The predicted octanol–water partition coefficient (Wildman–Crippen LogP) is 1.31. The number of rotatable bonds is 3. The molecular weight excluding hydrogens is 336 g/mol. The molecule has 0 radical (unpaired) electrons. The Kier molecular flexibility index (Phi) is 4.43. The number of benzene rings is 1. The van der Waals surface area contributed by atoms with Gasteiger partial charge in [0, 0.05) is 39.0 Å². The fourth-order valence-electron chi connectivity index (χ4n) is 3.67. The molecule has 6 nitrogen and oxygen atoms in total. The van der Waals surface area contributed by atoms with Crippen LogP contribution in [0, 0.1) is 0 Å². The van der Waals surface area contributed by atoms with Crippen LogP contribution in [0.3, 0.4) is 0 Å². The lowest BCUT2D eigenvalue weighted by Gasteiger charge is -2.43. The van der Waals surface area contributed by atoms with Gasteiger partial charge in [0.15, 0.2) is 0 Å². The summed E-state index contributed by atoms with van der Waals surface area (Å²) in [6.07, 6.45) is 2.53. The summed E-state index contributed by atoms with van der Waals surface area (Å²) in [5, 5.41) is 7.30. The van der Waals surface area contributed by atoms with Gasteiger partial charge in [0.1, 0.15) is 5.54 Å². The van der Waals surface area contributed by atoms with Crippen LogP contribution in [0.2, 0.25) is 0 Å². The van der Waals surface area contributed by atoms with Crippen LogP contribution in [0.15, 0.2) is 24.3 Å². The highest BCUT2D eigenvalue weighted by atomic mass is 32.1. The molecule has 4 rings (SSSR count). The lowest BCUT2D eigenvalue weighted by atomic mass is 9.85. The zero-order chi connectivity index (χ0) is 17.3. The topological polar surface area (TPSA) is 74.3 Å². The smallest absolute Gasteiger partial charge is 0.240 e. The molecule has 2 aliphatic heterocycles. The van der Waals surface area contributed by atoms with Gasteiger partial charge >= 0.3 is 0 Å². The molecule has 2 N–H and O–H groups in total. The van der Waals surface area contributed by atoms with E-state index in [1.165, 1.54) is 4.70 Å². The first-order chi connectivity index (χ1) is 12.2. The molecule has 0 atom stereocenters. The highest BCUT2D eigenvalue weighted by Gasteiger charge is 2.43. The molecule has 3 heterocycles. The molecule has 2 amide bonds. The van der Waals surface area contributed by atoms with Crippen LogP contribution in [0.1, 0.15) is 24.3 Å². The maximum atomic E-state index is 12.5. The van der Waals surface area contributed by atoms with Crippen molar-refractivity contribution < 1.29 is 9.59 Å². The highest BCUT2D eigenvalue weighted by Crippen LogP contribution is 2.26. The van der Waals surface area contributed by atoms with E-state index in [1.54, 1.807) is 11.3 Å². The van der Waals surface area contributed by atoms with Gasteiger partial charge in [-0.2, -0.15) is 0 Å². The Balaban J connectivity index is 1.32. The summed E-state index contributed by atoms with van der Waals surface area (Å²) in [7, 11) is 0. The van der Waals surface area contributed by atoms with Gasteiger partial charge in [-0.3, -0.25) is 9.59 Å². The van der Waals surface area contributed by atoms with Crippen molar-refractivity contribution in [1.82, 2.24) is 20.5 Å². The highest BCUT2D eigenvalue weighted by molar-refractivity contribution is 7.18. The number of hydrogen-bond donors (Lipinski definition) is 2. The summed E-state index contributed by atoms with van der Waals surface area (Å²) in [5.41, 5.74) is 0.534. The Morgan fingerprint density at radius 3 is 2.80 bits per heavy atom. The van der Waals surface area contributed by atoms with Crippen LogP contribution in [-0.4, -0.2) is 53.4 Å². The minimum absolute atomic E-state index is 0.0836. The van der Waals surface area contributed by atoms with Crippen molar-refractivity contribution in [2.24, 2.45) is 0 Å². The lowest BCUT2D eigenvalue weighted by molar-refractivity contribution is -0.138. The van der Waals surface area contributed by atoms with E-state index in [-0.39, 0.29) is 11.8 Å². The van der Waals surface area contributed by atoms with Crippen molar-refractivity contribution in [1.29, 1.82) is 0 Å². The zero-order valence-electron chi connectivity index (χ0n) is 14.1. The van der Waals surface area contributed by atoms with Crippen molar-refractivity contribution in [3.05, 3.63) is 29.3 Å². The number of nitrogens with zero attached hydrogens (tertiary/aromatic N) is 2. The van der Waals surface area contributed by atoms with Crippen molar-refractivity contribution in [3.8, 4) is 0 Å². The normalized spacial score (nSPS) is 20.0. The van der Waals surface area contributed by atoms with Crippen LogP contribution in [-0.2, 0) is 16.0 Å². The molecule has 7 heteroatoms. The second-order valence-electron chi connectivity index (χ2n) is 6.72. The van der Waals surface area contributed by atoms with E-state index in [0.29, 0.717) is 45.3 Å². The lowest BCUT2D eigenvalue weighted by Crippen LogP contribution is -2.66. The van der Waals surface area contributed by atoms with Crippen molar-refractivity contribution in [3.63, 3.8) is 0 Å². The molecule has 2 aliphatic rings. The molecule has 0 aliphatic carbocycles. The van der Waals surface area contributed by atoms with Crippen LogP contribution < -0.4 is 10.6 Å². The number of piperazine rings is 1. The van der Waals surface area contributed by atoms with Crippen molar-refractivity contribution in [2.45, 2.75) is 31.2 Å². The Labute approximate surface area is 150 Å². The molecule has 0 bridgehead atoms. The number of fused-ring (bicyclic) bond motifs is 1. The number of aryl methyl sites for hydroxylation is 1. The SMILES string of the molecule is O=C(CCc1nc2ccccc2s1)N1CCC2(CC1)NCCNC2=O. The summed E-state index contributed by atoms with van der Waals surface area (Å²) in [5.74, 6) is 0.241. The number of carbonyl (C=O) groups is 2. The predicted molar refractivity (Wildman–Crippen MR) is 97.5 cm³/mol. The Hall–Kier alpha value is -1.99. The summed E-state index contributed by atoms with van der Waals surface area (Å²) >= 11 is 1.66. The first-order valence-corrected chi connectivity index (χ1v) is 9.63. The maximum absolute atomic E-state index is 12.5. The number of amides is 2. The summed E-state index contributed by atoms with van der Waals surface area (Å²) in [6.45, 7) is 2.76. The zero-order valence-corrected chi connectivity index (χ0v) is 14.9. The molecule has 1 spiro atoms. The van der Waals surface area contributed by atoms with E-state index < -0.39 is 5.54 Å². The molecule has 2 fully saturated rings. The maximum Gasteiger partial charge on any atom is 0.240 e. The standard InChI is InChI=1S/C18H22N4O2S/c23-16(6-5-15-21-13-3-1-2-4-14(13)25-15)22-11-7-18(8-12-22)17(24)19-9-10-20-18/h1-4,20H,5-12H2,(H,19,24). The van der Waals surface area contributed by atoms with E-state index in [1.807, 2.05) is 23.1 Å². The number of para-hydroxylation sites is 1. The molecule has 2 aromatic rings. The van der Waals surface area contributed by atoms with Crippen LogP contribution in [0.4, 0.5) is 0 Å². The van der Waals surface area contributed by atoms with E-state index >= 15 is 0 Å². The van der Waals surface area contributed by atoms with E-state index in [0.717, 1.165) is 17.1 Å². The molecule has 2 saturated heterocycles. The van der Waals surface area contributed by atoms with Crippen LogP contribution in [0.25, 0.3) is 10.2 Å². The van der Waals surface area contributed by atoms with Gasteiger partial charge in [0.2, 0.25) is 11.8 Å². The van der Waals surface area contributed by atoms with E-state index in [9.17, 15) is 9.59 Å². The minimum atomic E-state index is -0.470. The van der Waals surface area contributed by atoms with Gasteiger partial charge < -0.3 is 15.5 Å². The Morgan fingerprint density at radius 1 is 1.24 bits per heavy atom. The second-order valence-corrected chi connectivity index (χ2v) is 7.84. The number of hydrogen-bond acceptors (Lipinski definition) is 5. The van der Waals surface area contributed by atoms with Gasteiger partial charge in [-0.15, -0.1) is 11.3 Å². The number of piperidine rings is 1. The van der Waals surface area contributed by atoms with Gasteiger partial charge in [0.25, 0.3) is 0 Å². The van der Waals surface area contributed by atoms with Crippen LogP contribution >= 0.6 is 11.3 Å². The summed E-state index contributed by atoms with van der Waals surface area (Å²) in [4.78, 5) is 31.2. The average Bonchev–Trinajstić information content (AvgIpc) is 3.06. The number of thiazole rings is 1. The Bertz CT molecular complexity index is 762. The van der Waals surface area contributed by atoms with Crippen LogP contribution in [0.5, 0.6) is 0 Å². The molecule has 0 saturated carbocycles. The number of nitrogens with one attached hydrogen (secondary N) is 2. The number of likely N-dealkylation sites (tertiary alicyclic amines) is 1. The van der Waals surface area contributed by atoms with Gasteiger partial charge in [-0.1, -0.05) is 12.1 Å². The minimum Gasteiger partial charge on any atom is -0.353 e. The third-order valence-electron chi connectivity index (χ3n) is 5.17. The molecule has 1 aromatic heterocycles. The van der Waals surface area contributed by atoms with Gasteiger partial charge in [0.05, 0.1) is 15.2 Å². The molecule has 132 valence electrons. The molecule has 1 aromatic carbocycles. The monoisotopic (exact) mass is 358 g/mol. The van der Waals surface area contributed by atoms with E-state index in [4.69, 9.17) is 0 Å². The fourth-order valence-corrected chi connectivity index (χ4v) is 4.63. The average molecular weight is 358 g/mol. The molecule has 25 heavy (non-hydrogen) atoms. The van der Waals surface area contributed by atoms with Gasteiger partial charge in [-0.05, 0) is 25.0 Å².